The molecule has 0 unspecified atom stereocenters. The number of benzene rings is 3. The number of ether oxygens (including phenoxy) is 3. The van der Waals surface area contributed by atoms with E-state index in [0.29, 0.717) is 46.7 Å². The van der Waals surface area contributed by atoms with Gasteiger partial charge in [-0.25, -0.2) is 9.69 Å². The quantitative estimate of drug-likeness (QED) is 0.218. The fourth-order valence-electron chi connectivity index (χ4n) is 3.50. The lowest BCUT2D eigenvalue weighted by Gasteiger charge is -2.26. The van der Waals surface area contributed by atoms with Crippen LogP contribution in [0.4, 0.5) is 10.5 Å². The van der Waals surface area contributed by atoms with Crippen LogP contribution in [0.5, 0.6) is 17.2 Å². The number of urea groups is 1. The molecule has 0 aromatic heterocycles. The molecule has 4 amide bonds. The minimum Gasteiger partial charge on any atom is -0.493 e. The minimum atomic E-state index is -0.837. The number of carbonyl (C=O) groups excluding carboxylic acids is 3. The molecule has 1 N–H and O–H groups in total. The number of barbiturate groups is 1. The average molecular weight is 541 g/mol. The van der Waals surface area contributed by atoms with E-state index >= 15 is 0 Å². The normalized spacial score (nSPS) is 14.5. The number of amides is 4. The third-order valence-electron chi connectivity index (χ3n) is 5.31. The first-order chi connectivity index (χ1) is 17.9. The largest absolute Gasteiger partial charge is 0.493 e. The molecular formula is C27H22Cl2N2O6. The zero-order valence-electron chi connectivity index (χ0n) is 19.7. The summed E-state index contributed by atoms with van der Waals surface area (Å²) in [5.74, 6) is 0.0871. The van der Waals surface area contributed by atoms with Gasteiger partial charge in [-0.2, -0.15) is 0 Å². The van der Waals surface area contributed by atoms with Crippen LogP contribution in [-0.2, 0) is 9.59 Å². The molecule has 190 valence electrons. The zero-order chi connectivity index (χ0) is 26.4. The predicted octanol–water partition coefficient (Wildman–Crippen LogP) is 5.52. The van der Waals surface area contributed by atoms with Crippen LogP contribution in [0.3, 0.4) is 0 Å². The van der Waals surface area contributed by atoms with E-state index in [-0.39, 0.29) is 11.3 Å². The van der Waals surface area contributed by atoms with Gasteiger partial charge >= 0.3 is 6.03 Å². The standard InChI is InChI=1S/C27H22Cl2N2O6/c1-35-24-16-17(3-12-23(24)37-14-2-13-36-21-10-6-19(29)7-11-21)15-22-25(32)30-27(34)31(26(22)33)20-8-4-18(28)5-9-20/h3-12,15-16H,2,13-14H2,1H3,(H,30,32,34). The zero-order valence-corrected chi connectivity index (χ0v) is 21.2. The summed E-state index contributed by atoms with van der Waals surface area (Å²) in [6.07, 6.45) is 2.01. The smallest absolute Gasteiger partial charge is 0.335 e. The van der Waals surface area contributed by atoms with Gasteiger partial charge in [-0.15, -0.1) is 0 Å². The molecule has 37 heavy (non-hydrogen) atoms. The first kappa shape index (κ1) is 26.1. The molecule has 1 heterocycles. The average Bonchev–Trinajstić information content (AvgIpc) is 2.89. The molecule has 0 radical (unpaired) electrons. The van der Waals surface area contributed by atoms with Gasteiger partial charge in [-0.05, 0) is 72.3 Å². The van der Waals surface area contributed by atoms with Crippen molar-refractivity contribution in [3.63, 3.8) is 0 Å². The van der Waals surface area contributed by atoms with Crippen molar-refractivity contribution in [1.29, 1.82) is 0 Å². The SMILES string of the molecule is COc1cc(C=C2C(=O)NC(=O)N(c3ccc(Cl)cc3)C2=O)ccc1OCCCOc1ccc(Cl)cc1. The summed E-state index contributed by atoms with van der Waals surface area (Å²) in [5, 5.41) is 3.28. The Balaban J connectivity index is 1.42. The molecule has 0 aliphatic carbocycles. The van der Waals surface area contributed by atoms with Crippen molar-refractivity contribution in [2.45, 2.75) is 6.42 Å². The molecule has 3 aromatic carbocycles. The Hall–Kier alpha value is -4.01. The molecule has 0 atom stereocenters. The first-order valence-electron chi connectivity index (χ1n) is 11.2. The van der Waals surface area contributed by atoms with Gasteiger partial charge in [0.1, 0.15) is 11.3 Å². The Kier molecular flexibility index (Phi) is 8.32. The van der Waals surface area contributed by atoms with Crippen molar-refractivity contribution < 1.29 is 28.6 Å². The van der Waals surface area contributed by atoms with E-state index in [1.165, 1.54) is 25.3 Å². The van der Waals surface area contributed by atoms with Crippen molar-refractivity contribution in [2.75, 3.05) is 25.2 Å². The van der Waals surface area contributed by atoms with Gasteiger partial charge in [0.05, 0.1) is 26.0 Å². The number of imide groups is 2. The van der Waals surface area contributed by atoms with Crippen molar-refractivity contribution >= 4 is 52.8 Å². The number of nitrogens with one attached hydrogen (secondary N) is 1. The van der Waals surface area contributed by atoms with E-state index in [9.17, 15) is 14.4 Å². The second-order valence-electron chi connectivity index (χ2n) is 7.85. The molecule has 8 nitrogen and oxygen atoms in total. The van der Waals surface area contributed by atoms with E-state index in [0.717, 1.165) is 10.6 Å². The highest BCUT2D eigenvalue weighted by molar-refractivity contribution is 6.39. The van der Waals surface area contributed by atoms with Crippen LogP contribution >= 0.6 is 23.2 Å². The van der Waals surface area contributed by atoms with E-state index in [4.69, 9.17) is 37.4 Å². The van der Waals surface area contributed by atoms with Gasteiger partial charge in [-0.1, -0.05) is 29.3 Å². The van der Waals surface area contributed by atoms with Crippen molar-refractivity contribution in [3.8, 4) is 17.2 Å². The molecule has 3 aromatic rings. The van der Waals surface area contributed by atoms with Gasteiger partial charge in [-0.3, -0.25) is 14.9 Å². The fraction of sp³-hybridized carbons (Fsp3) is 0.148. The summed E-state index contributed by atoms with van der Waals surface area (Å²) in [6.45, 7) is 0.831. The highest BCUT2D eigenvalue weighted by Gasteiger charge is 2.36. The topological polar surface area (TPSA) is 94.2 Å². The lowest BCUT2D eigenvalue weighted by atomic mass is 10.1. The molecule has 0 bridgehead atoms. The van der Waals surface area contributed by atoms with Crippen LogP contribution in [0, 0.1) is 0 Å². The van der Waals surface area contributed by atoms with Gasteiger partial charge in [0.25, 0.3) is 11.8 Å². The van der Waals surface area contributed by atoms with Crippen LogP contribution in [0.1, 0.15) is 12.0 Å². The lowest BCUT2D eigenvalue weighted by molar-refractivity contribution is -0.122. The number of hydrogen-bond donors (Lipinski definition) is 1. The Morgan fingerprint density at radius 1 is 0.838 bits per heavy atom. The summed E-state index contributed by atoms with van der Waals surface area (Å²) in [6, 6.07) is 17.4. The predicted molar refractivity (Wildman–Crippen MR) is 141 cm³/mol. The molecule has 0 spiro atoms. The van der Waals surface area contributed by atoms with Gasteiger partial charge in [0, 0.05) is 16.5 Å². The summed E-state index contributed by atoms with van der Waals surface area (Å²) < 4.78 is 16.9. The monoisotopic (exact) mass is 540 g/mol. The number of nitrogens with zero attached hydrogens (tertiary/aromatic N) is 1. The summed E-state index contributed by atoms with van der Waals surface area (Å²) in [7, 11) is 1.49. The maximum absolute atomic E-state index is 13.0. The number of rotatable bonds is 9. The van der Waals surface area contributed by atoms with E-state index in [1.54, 1.807) is 54.6 Å². The molecular weight excluding hydrogens is 519 g/mol. The summed E-state index contributed by atoms with van der Waals surface area (Å²) in [5.41, 5.74) is 0.593. The Labute approximate surface area is 223 Å². The second kappa shape index (κ2) is 11.8. The third-order valence-corrected chi connectivity index (χ3v) is 5.82. The van der Waals surface area contributed by atoms with Crippen molar-refractivity contribution in [3.05, 3.63) is 87.9 Å². The van der Waals surface area contributed by atoms with E-state index < -0.39 is 17.8 Å². The van der Waals surface area contributed by atoms with Crippen LogP contribution in [0.2, 0.25) is 10.0 Å². The Bertz CT molecular complexity index is 1340. The van der Waals surface area contributed by atoms with E-state index in [1.807, 2.05) is 0 Å². The number of hydrogen-bond acceptors (Lipinski definition) is 6. The van der Waals surface area contributed by atoms with E-state index in [2.05, 4.69) is 5.32 Å². The number of anilines is 1. The van der Waals surface area contributed by atoms with Crippen molar-refractivity contribution in [2.24, 2.45) is 0 Å². The molecule has 1 aliphatic rings. The van der Waals surface area contributed by atoms with Crippen molar-refractivity contribution in [1.82, 2.24) is 5.32 Å². The summed E-state index contributed by atoms with van der Waals surface area (Å²) >= 11 is 11.8. The molecule has 1 aliphatic heterocycles. The maximum atomic E-state index is 13.0. The minimum absolute atomic E-state index is 0.204. The second-order valence-corrected chi connectivity index (χ2v) is 8.72. The Morgan fingerprint density at radius 2 is 1.49 bits per heavy atom. The van der Waals surface area contributed by atoms with Crippen LogP contribution in [0.15, 0.2) is 72.3 Å². The molecule has 4 rings (SSSR count). The maximum Gasteiger partial charge on any atom is 0.335 e. The van der Waals surface area contributed by atoms with Gasteiger partial charge < -0.3 is 14.2 Å². The van der Waals surface area contributed by atoms with Gasteiger partial charge in [0.2, 0.25) is 0 Å². The lowest BCUT2D eigenvalue weighted by Crippen LogP contribution is -2.54. The number of halogens is 2. The summed E-state index contributed by atoms with van der Waals surface area (Å²) in [4.78, 5) is 38.7. The van der Waals surface area contributed by atoms with Crippen LogP contribution in [0.25, 0.3) is 6.08 Å². The molecule has 0 saturated carbocycles. The third kappa shape index (κ3) is 6.41. The number of carbonyl (C=O) groups is 3. The highest BCUT2D eigenvalue weighted by atomic mass is 35.5. The molecule has 1 fully saturated rings. The first-order valence-corrected chi connectivity index (χ1v) is 12.0. The highest BCUT2D eigenvalue weighted by Crippen LogP contribution is 2.30. The Morgan fingerprint density at radius 3 is 2.16 bits per heavy atom. The van der Waals surface area contributed by atoms with Crippen LogP contribution < -0.4 is 24.4 Å². The van der Waals surface area contributed by atoms with Crippen LogP contribution in [-0.4, -0.2) is 38.2 Å². The molecule has 10 heteroatoms. The molecule has 1 saturated heterocycles. The fourth-order valence-corrected chi connectivity index (χ4v) is 3.76. The number of methoxy groups -OCH3 is 1. The van der Waals surface area contributed by atoms with Gasteiger partial charge in [0.15, 0.2) is 11.5 Å².